The SMILES string of the molecule is C[C@@H]1CNCCN1c1ccc(F)cc1Cl.Cl. The summed E-state index contributed by atoms with van der Waals surface area (Å²) in [6, 6.07) is 4.96. The average Bonchev–Trinajstić information content (AvgIpc) is 2.20. The molecule has 90 valence electrons. The molecule has 5 heteroatoms. The van der Waals surface area contributed by atoms with Crippen LogP contribution in [0.1, 0.15) is 6.92 Å². The van der Waals surface area contributed by atoms with E-state index in [1.165, 1.54) is 12.1 Å². The van der Waals surface area contributed by atoms with Crippen molar-refractivity contribution in [3.63, 3.8) is 0 Å². The van der Waals surface area contributed by atoms with Crippen LogP contribution in [0, 0.1) is 5.82 Å². The van der Waals surface area contributed by atoms with Gasteiger partial charge in [0.1, 0.15) is 5.82 Å². The number of hydrogen-bond acceptors (Lipinski definition) is 2. The van der Waals surface area contributed by atoms with Gasteiger partial charge in [-0.2, -0.15) is 0 Å². The molecule has 1 N–H and O–H groups in total. The van der Waals surface area contributed by atoms with Gasteiger partial charge >= 0.3 is 0 Å². The third-order valence-electron chi connectivity index (χ3n) is 2.72. The lowest BCUT2D eigenvalue weighted by molar-refractivity contribution is 0.500. The average molecular weight is 265 g/mol. The maximum Gasteiger partial charge on any atom is 0.124 e. The molecule has 0 spiro atoms. The van der Waals surface area contributed by atoms with E-state index in [9.17, 15) is 4.39 Å². The molecule has 0 bridgehead atoms. The van der Waals surface area contributed by atoms with Gasteiger partial charge in [0.05, 0.1) is 10.7 Å². The van der Waals surface area contributed by atoms with Crippen LogP contribution >= 0.6 is 24.0 Å². The van der Waals surface area contributed by atoms with Crippen LogP contribution in [-0.2, 0) is 0 Å². The van der Waals surface area contributed by atoms with Crippen LogP contribution < -0.4 is 10.2 Å². The van der Waals surface area contributed by atoms with E-state index in [1.54, 1.807) is 6.07 Å². The van der Waals surface area contributed by atoms with Gasteiger partial charge in [0.15, 0.2) is 0 Å². The zero-order valence-corrected chi connectivity index (χ0v) is 10.6. The topological polar surface area (TPSA) is 15.3 Å². The van der Waals surface area contributed by atoms with E-state index in [0.29, 0.717) is 11.1 Å². The van der Waals surface area contributed by atoms with Gasteiger partial charge in [-0.25, -0.2) is 4.39 Å². The Hall–Kier alpha value is -0.510. The summed E-state index contributed by atoms with van der Waals surface area (Å²) in [6.07, 6.45) is 0. The molecule has 1 saturated heterocycles. The molecule has 1 aromatic rings. The summed E-state index contributed by atoms with van der Waals surface area (Å²) >= 11 is 6.03. The zero-order chi connectivity index (χ0) is 10.8. The van der Waals surface area contributed by atoms with Crippen LogP contribution in [0.2, 0.25) is 5.02 Å². The van der Waals surface area contributed by atoms with Gasteiger partial charge in [-0.1, -0.05) is 11.6 Å². The second kappa shape index (κ2) is 5.71. The Labute approximate surface area is 106 Å². The van der Waals surface area contributed by atoms with Gasteiger partial charge < -0.3 is 10.2 Å². The van der Waals surface area contributed by atoms with Crippen molar-refractivity contribution in [1.82, 2.24) is 5.32 Å². The minimum Gasteiger partial charge on any atom is -0.365 e. The highest BCUT2D eigenvalue weighted by Gasteiger charge is 2.20. The lowest BCUT2D eigenvalue weighted by atomic mass is 10.2. The Morgan fingerprint density at radius 1 is 1.50 bits per heavy atom. The van der Waals surface area contributed by atoms with Crippen LogP contribution in [0.25, 0.3) is 0 Å². The van der Waals surface area contributed by atoms with Crippen molar-refractivity contribution < 1.29 is 4.39 Å². The van der Waals surface area contributed by atoms with E-state index in [-0.39, 0.29) is 18.2 Å². The van der Waals surface area contributed by atoms with E-state index in [2.05, 4.69) is 17.1 Å². The van der Waals surface area contributed by atoms with Crippen molar-refractivity contribution in [3.05, 3.63) is 29.0 Å². The molecule has 2 rings (SSSR count). The van der Waals surface area contributed by atoms with E-state index in [1.807, 2.05) is 0 Å². The fourth-order valence-electron chi connectivity index (χ4n) is 1.91. The summed E-state index contributed by atoms with van der Waals surface area (Å²) in [5.41, 5.74) is 0.923. The van der Waals surface area contributed by atoms with Crippen LogP contribution in [0.15, 0.2) is 18.2 Å². The lowest BCUT2D eigenvalue weighted by Crippen LogP contribution is -2.50. The Kier molecular flexibility index (Phi) is 4.84. The molecule has 0 radical (unpaired) electrons. The first-order chi connectivity index (χ1) is 7.18. The van der Waals surface area contributed by atoms with Crippen LogP contribution in [0.5, 0.6) is 0 Å². The van der Waals surface area contributed by atoms with Gasteiger partial charge in [-0.15, -0.1) is 12.4 Å². The highest BCUT2D eigenvalue weighted by molar-refractivity contribution is 6.33. The molecule has 1 fully saturated rings. The molecule has 0 saturated carbocycles. The molecule has 0 unspecified atom stereocenters. The third kappa shape index (κ3) is 2.78. The number of halogens is 3. The van der Waals surface area contributed by atoms with Crippen molar-refractivity contribution in [2.75, 3.05) is 24.5 Å². The zero-order valence-electron chi connectivity index (χ0n) is 9.04. The largest absolute Gasteiger partial charge is 0.365 e. The Morgan fingerprint density at radius 2 is 2.25 bits per heavy atom. The summed E-state index contributed by atoms with van der Waals surface area (Å²) in [5.74, 6) is -0.286. The Morgan fingerprint density at radius 3 is 2.88 bits per heavy atom. The summed E-state index contributed by atoms with van der Waals surface area (Å²) in [7, 11) is 0. The molecular formula is C11H15Cl2FN2. The summed E-state index contributed by atoms with van der Waals surface area (Å²) in [4.78, 5) is 2.21. The number of nitrogens with one attached hydrogen (secondary N) is 1. The first-order valence-corrected chi connectivity index (χ1v) is 5.48. The summed E-state index contributed by atoms with van der Waals surface area (Å²) < 4.78 is 12.9. The molecule has 0 aliphatic carbocycles. The molecule has 1 heterocycles. The second-order valence-corrected chi connectivity index (χ2v) is 4.25. The molecule has 0 aromatic heterocycles. The van der Waals surface area contributed by atoms with Gasteiger partial charge in [0.25, 0.3) is 0 Å². The van der Waals surface area contributed by atoms with E-state index >= 15 is 0 Å². The van der Waals surface area contributed by atoms with Gasteiger partial charge in [-0.05, 0) is 25.1 Å². The molecule has 1 aromatic carbocycles. The minimum atomic E-state index is -0.286. The maximum atomic E-state index is 12.9. The molecule has 2 nitrogen and oxygen atoms in total. The van der Waals surface area contributed by atoms with Crippen molar-refractivity contribution >= 4 is 29.7 Å². The Bertz CT molecular complexity index is 360. The lowest BCUT2D eigenvalue weighted by Gasteiger charge is -2.36. The molecular weight excluding hydrogens is 250 g/mol. The highest BCUT2D eigenvalue weighted by atomic mass is 35.5. The van der Waals surface area contributed by atoms with Gasteiger partial charge in [0, 0.05) is 25.7 Å². The van der Waals surface area contributed by atoms with E-state index in [0.717, 1.165) is 25.3 Å². The first kappa shape index (κ1) is 13.6. The number of nitrogens with zero attached hydrogens (tertiary/aromatic N) is 1. The van der Waals surface area contributed by atoms with Gasteiger partial charge in [0.2, 0.25) is 0 Å². The maximum absolute atomic E-state index is 12.9. The third-order valence-corrected chi connectivity index (χ3v) is 3.02. The normalized spacial score (nSPS) is 20.4. The molecule has 16 heavy (non-hydrogen) atoms. The predicted molar refractivity (Wildman–Crippen MR) is 68.3 cm³/mol. The van der Waals surface area contributed by atoms with Gasteiger partial charge in [-0.3, -0.25) is 0 Å². The van der Waals surface area contributed by atoms with E-state index < -0.39 is 0 Å². The van der Waals surface area contributed by atoms with Crippen molar-refractivity contribution in [2.24, 2.45) is 0 Å². The van der Waals surface area contributed by atoms with Crippen LogP contribution in [0.4, 0.5) is 10.1 Å². The summed E-state index contributed by atoms with van der Waals surface area (Å²) in [6.45, 7) is 4.92. The number of rotatable bonds is 1. The number of piperazine rings is 1. The van der Waals surface area contributed by atoms with Crippen molar-refractivity contribution in [3.8, 4) is 0 Å². The van der Waals surface area contributed by atoms with Crippen LogP contribution in [0.3, 0.4) is 0 Å². The predicted octanol–water partition coefficient (Wildman–Crippen LogP) is 2.70. The summed E-state index contributed by atoms with van der Waals surface area (Å²) in [5, 5.41) is 3.80. The Balaban J connectivity index is 0.00000128. The number of hydrogen-bond donors (Lipinski definition) is 1. The first-order valence-electron chi connectivity index (χ1n) is 5.11. The molecule has 1 aliphatic heterocycles. The fourth-order valence-corrected chi connectivity index (χ4v) is 2.19. The van der Waals surface area contributed by atoms with Crippen molar-refractivity contribution in [1.29, 1.82) is 0 Å². The van der Waals surface area contributed by atoms with E-state index in [4.69, 9.17) is 11.6 Å². The second-order valence-electron chi connectivity index (χ2n) is 3.84. The minimum absolute atomic E-state index is 0. The highest BCUT2D eigenvalue weighted by Crippen LogP contribution is 2.28. The molecule has 1 aliphatic rings. The number of anilines is 1. The fraction of sp³-hybridized carbons (Fsp3) is 0.455. The molecule has 0 amide bonds. The van der Waals surface area contributed by atoms with Crippen LogP contribution in [-0.4, -0.2) is 25.7 Å². The quantitative estimate of drug-likeness (QED) is 0.839. The monoisotopic (exact) mass is 264 g/mol. The molecule has 1 atom stereocenters. The smallest absolute Gasteiger partial charge is 0.124 e. The van der Waals surface area contributed by atoms with Crippen molar-refractivity contribution in [2.45, 2.75) is 13.0 Å². The standard InChI is InChI=1S/C11H14ClFN2.ClH/c1-8-7-14-4-5-15(8)11-3-2-9(13)6-10(11)12;/h2-3,6,8,14H,4-5,7H2,1H3;1H/t8-;/m1./s1. The number of benzene rings is 1.